The highest BCUT2D eigenvalue weighted by Crippen LogP contribution is 2.28. The van der Waals surface area contributed by atoms with E-state index in [1.165, 1.54) is 4.31 Å². The first-order valence-electron chi connectivity index (χ1n) is 6.85. The average Bonchev–Trinajstić information content (AvgIpc) is 2.38. The summed E-state index contributed by atoms with van der Waals surface area (Å²) in [5.41, 5.74) is 0.983. The van der Waals surface area contributed by atoms with Crippen LogP contribution in [0.5, 0.6) is 0 Å². The second kappa shape index (κ2) is 6.02. The van der Waals surface area contributed by atoms with Crippen LogP contribution >= 0.6 is 11.6 Å². The van der Waals surface area contributed by atoms with Crippen LogP contribution in [0.25, 0.3) is 0 Å². The standard InChI is InChI=1S/C14H21ClN2O2S/c1-10(2)12-4-5-13(15)14(8-12)20(18,19)17-7-6-16-11(3)9-17/h4-5,8,10-11,16H,6-7,9H2,1-3H3/t11-/m1/s1. The van der Waals surface area contributed by atoms with Crippen LogP contribution in [0, 0.1) is 0 Å². The van der Waals surface area contributed by atoms with Crippen molar-refractivity contribution in [2.75, 3.05) is 19.6 Å². The Bertz CT molecular complexity index is 587. The van der Waals surface area contributed by atoms with E-state index in [2.05, 4.69) is 5.32 Å². The minimum Gasteiger partial charge on any atom is -0.312 e. The van der Waals surface area contributed by atoms with Crippen LogP contribution in [0.2, 0.25) is 5.02 Å². The minimum absolute atomic E-state index is 0.158. The summed E-state index contributed by atoms with van der Waals surface area (Å²) in [6.07, 6.45) is 0. The highest BCUT2D eigenvalue weighted by molar-refractivity contribution is 7.89. The first kappa shape index (κ1) is 15.8. The molecule has 0 unspecified atom stereocenters. The molecule has 2 rings (SSSR count). The highest BCUT2D eigenvalue weighted by Gasteiger charge is 2.30. The maximum absolute atomic E-state index is 12.7. The number of nitrogens with one attached hydrogen (secondary N) is 1. The Morgan fingerprint density at radius 2 is 2.10 bits per heavy atom. The Morgan fingerprint density at radius 1 is 1.40 bits per heavy atom. The van der Waals surface area contributed by atoms with Gasteiger partial charge in [0.25, 0.3) is 0 Å². The van der Waals surface area contributed by atoms with E-state index in [0.29, 0.717) is 24.7 Å². The zero-order valence-corrected chi connectivity index (χ0v) is 13.6. The van der Waals surface area contributed by atoms with Gasteiger partial charge in [0.15, 0.2) is 0 Å². The number of piperazine rings is 1. The number of hydrogen-bond donors (Lipinski definition) is 1. The summed E-state index contributed by atoms with van der Waals surface area (Å²) < 4.78 is 27.0. The van der Waals surface area contributed by atoms with Gasteiger partial charge in [0.2, 0.25) is 10.0 Å². The third-order valence-electron chi connectivity index (χ3n) is 3.57. The molecular weight excluding hydrogens is 296 g/mol. The van der Waals surface area contributed by atoms with Crippen LogP contribution in [0.4, 0.5) is 0 Å². The average molecular weight is 317 g/mol. The van der Waals surface area contributed by atoms with Crippen LogP contribution in [-0.4, -0.2) is 38.4 Å². The predicted octanol–water partition coefficient (Wildman–Crippen LogP) is 2.45. The van der Waals surface area contributed by atoms with Gasteiger partial charge in [-0.3, -0.25) is 0 Å². The van der Waals surface area contributed by atoms with Gasteiger partial charge in [-0.15, -0.1) is 0 Å². The topological polar surface area (TPSA) is 49.4 Å². The van der Waals surface area contributed by atoms with Gasteiger partial charge in [-0.2, -0.15) is 4.31 Å². The summed E-state index contributed by atoms with van der Waals surface area (Å²) in [6, 6.07) is 5.42. The molecule has 1 fully saturated rings. The lowest BCUT2D eigenvalue weighted by Crippen LogP contribution is -2.51. The van der Waals surface area contributed by atoms with Gasteiger partial charge in [0.1, 0.15) is 4.90 Å². The van der Waals surface area contributed by atoms with Gasteiger partial charge in [0.05, 0.1) is 5.02 Å². The van der Waals surface area contributed by atoms with Gasteiger partial charge in [-0.25, -0.2) is 8.42 Å². The molecule has 0 saturated carbocycles. The molecule has 0 spiro atoms. The molecule has 0 aromatic heterocycles. The predicted molar refractivity (Wildman–Crippen MR) is 81.8 cm³/mol. The molecule has 1 atom stereocenters. The van der Waals surface area contributed by atoms with E-state index >= 15 is 0 Å². The normalized spacial score (nSPS) is 21.4. The first-order valence-corrected chi connectivity index (χ1v) is 8.67. The van der Waals surface area contributed by atoms with Crippen molar-refractivity contribution in [1.29, 1.82) is 0 Å². The second-order valence-electron chi connectivity index (χ2n) is 5.56. The van der Waals surface area contributed by atoms with E-state index < -0.39 is 10.0 Å². The van der Waals surface area contributed by atoms with Crippen LogP contribution in [0.15, 0.2) is 23.1 Å². The maximum Gasteiger partial charge on any atom is 0.244 e. The van der Waals surface area contributed by atoms with E-state index in [1.807, 2.05) is 26.8 Å². The molecule has 4 nitrogen and oxygen atoms in total. The monoisotopic (exact) mass is 316 g/mol. The van der Waals surface area contributed by atoms with E-state index in [-0.39, 0.29) is 16.9 Å². The van der Waals surface area contributed by atoms with Gasteiger partial charge >= 0.3 is 0 Å². The minimum atomic E-state index is -3.52. The third-order valence-corrected chi connectivity index (χ3v) is 5.92. The van der Waals surface area contributed by atoms with Crippen molar-refractivity contribution in [2.24, 2.45) is 0 Å². The largest absolute Gasteiger partial charge is 0.312 e. The summed E-state index contributed by atoms with van der Waals surface area (Å²) >= 11 is 6.12. The number of rotatable bonds is 3. The molecule has 20 heavy (non-hydrogen) atoms. The smallest absolute Gasteiger partial charge is 0.244 e. The second-order valence-corrected chi connectivity index (χ2v) is 7.88. The first-order chi connectivity index (χ1) is 9.32. The lowest BCUT2D eigenvalue weighted by Gasteiger charge is -2.31. The number of benzene rings is 1. The highest BCUT2D eigenvalue weighted by atomic mass is 35.5. The summed E-state index contributed by atoms with van der Waals surface area (Å²) in [5.74, 6) is 0.267. The van der Waals surface area contributed by atoms with Crippen LogP contribution in [0.1, 0.15) is 32.3 Å². The molecule has 1 saturated heterocycles. The van der Waals surface area contributed by atoms with Crippen molar-refractivity contribution >= 4 is 21.6 Å². The molecule has 112 valence electrons. The van der Waals surface area contributed by atoms with Crippen molar-refractivity contribution in [1.82, 2.24) is 9.62 Å². The van der Waals surface area contributed by atoms with Crippen molar-refractivity contribution in [3.8, 4) is 0 Å². The van der Waals surface area contributed by atoms with Gasteiger partial charge in [-0.05, 0) is 30.5 Å². The van der Waals surface area contributed by atoms with E-state index in [1.54, 1.807) is 12.1 Å². The van der Waals surface area contributed by atoms with Gasteiger partial charge in [-0.1, -0.05) is 31.5 Å². The fourth-order valence-electron chi connectivity index (χ4n) is 2.33. The van der Waals surface area contributed by atoms with Crippen molar-refractivity contribution in [3.05, 3.63) is 28.8 Å². The summed E-state index contributed by atoms with van der Waals surface area (Å²) in [5, 5.41) is 3.53. The summed E-state index contributed by atoms with van der Waals surface area (Å²) in [6.45, 7) is 7.67. The fourth-order valence-corrected chi connectivity index (χ4v) is 4.37. The molecule has 6 heteroatoms. The fraction of sp³-hybridized carbons (Fsp3) is 0.571. The summed E-state index contributed by atoms with van der Waals surface area (Å²) in [4.78, 5) is 0.222. The Balaban J connectivity index is 2.40. The van der Waals surface area contributed by atoms with Gasteiger partial charge in [0, 0.05) is 25.7 Å². The number of sulfonamides is 1. The molecular formula is C14H21ClN2O2S. The molecule has 1 heterocycles. The number of halogens is 1. The zero-order valence-electron chi connectivity index (χ0n) is 12.1. The molecule has 0 bridgehead atoms. The molecule has 0 radical (unpaired) electrons. The Hall–Kier alpha value is -0.620. The van der Waals surface area contributed by atoms with Crippen LogP contribution in [-0.2, 0) is 10.0 Å². The molecule has 1 N–H and O–H groups in total. The Morgan fingerprint density at radius 3 is 2.70 bits per heavy atom. The van der Waals surface area contributed by atoms with E-state index in [9.17, 15) is 8.42 Å². The molecule has 1 aromatic carbocycles. The SMILES string of the molecule is CC(C)c1ccc(Cl)c(S(=O)(=O)N2CCN[C@H](C)C2)c1. The van der Waals surface area contributed by atoms with Crippen molar-refractivity contribution in [3.63, 3.8) is 0 Å². The van der Waals surface area contributed by atoms with Crippen molar-refractivity contribution < 1.29 is 8.42 Å². The molecule has 1 aliphatic rings. The zero-order chi connectivity index (χ0) is 14.9. The van der Waals surface area contributed by atoms with E-state index in [0.717, 1.165) is 5.56 Å². The van der Waals surface area contributed by atoms with Crippen LogP contribution in [0.3, 0.4) is 0 Å². The van der Waals surface area contributed by atoms with Crippen molar-refractivity contribution in [2.45, 2.75) is 37.6 Å². The molecule has 1 aromatic rings. The Kier molecular flexibility index (Phi) is 4.74. The summed E-state index contributed by atoms with van der Waals surface area (Å²) in [7, 11) is -3.52. The lowest BCUT2D eigenvalue weighted by molar-refractivity contribution is 0.310. The van der Waals surface area contributed by atoms with Crippen LogP contribution < -0.4 is 5.32 Å². The molecule has 0 aliphatic carbocycles. The van der Waals surface area contributed by atoms with Gasteiger partial charge < -0.3 is 5.32 Å². The maximum atomic E-state index is 12.7. The molecule has 1 aliphatic heterocycles. The third kappa shape index (κ3) is 3.17. The Labute approximate surface area is 126 Å². The number of hydrogen-bond acceptors (Lipinski definition) is 3. The van der Waals surface area contributed by atoms with E-state index in [4.69, 9.17) is 11.6 Å². The lowest BCUT2D eigenvalue weighted by atomic mass is 10.0. The number of nitrogens with zero attached hydrogens (tertiary/aromatic N) is 1. The molecule has 0 amide bonds. The quantitative estimate of drug-likeness (QED) is 0.932.